The van der Waals surface area contributed by atoms with Gasteiger partial charge in [-0.1, -0.05) is 18.2 Å². The molecule has 0 saturated heterocycles. The molecular weight excluding hydrogens is 241 g/mol. The number of fused-ring (bicyclic) bond motifs is 1. The molecule has 96 valence electrons. The Labute approximate surface area is 110 Å². The zero-order valence-electron chi connectivity index (χ0n) is 10.8. The summed E-state index contributed by atoms with van der Waals surface area (Å²) >= 11 is 0. The molecule has 0 amide bonds. The number of nitrogens with zero attached hydrogens (tertiary/aromatic N) is 2. The van der Waals surface area contributed by atoms with Gasteiger partial charge < -0.3 is 10.3 Å². The number of nitrogen functional groups attached to an aromatic ring is 1. The Balaban J connectivity index is 2.35. The normalized spacial score (nSPS) is 11.1. The van der Waals surface area contributed by atoms with Crippen molar-refractivity contribution in [3.05, 3.63) is 47.8 Å². The van der Waals surface area contributed by atoms with Crippen LogP contribution in [0.3, 0.4) is 0 Å². The van der Waals surface area contributed by atoms with Crippen molar-refractivity contribution in [3.63, 3.8) is 0 Å². The fraction of sp³-hybridized carbons (Fsp3) is 0.133. The number of aryl methyl sites for hydroxylation is 1. The maximum Gasteiger partial charge on any atom is 0.151 e. The van der Waals surface area contributed by atoms with Crippen molar-refractivity contribution >= 4 is 16.7 Å². The van der Waals surface area contributed by atoms with Gasteiger partial charge in [-0.2, -0.15) is 0 Å². The molecule has 3 aromatic rings. The van der Waals surface area contributed by atoms with E-state index in [1.807, 2.05) is 42.8 Å². The average molecular weight is 255 g/mol. The molecule has 0 spiro atoms. The molecule has 0 unspecified atom stereocenters. The minimum absolute atomic E-state index is 0.305. The smallest absolute Gasteiger partial charge is 0.151 e. The second-order valence-corrected chi connectivity index (χ2v) is 4.62. The number of para-hydroxylation sites is 1. The number of imidazole rings is 1. The molecule has 19 heavy (non-hydrogen) atoms. The van der Waals surface area contributed by atoms with Crippen LogP contribution in [0.15, 0.2) is 36.4 Å². The fourth-order valence-electron chi connectivity index (χ4n) is 2.32. The van der Waals surface area contributed by atoms with E-state index < -0.39 is 0 Å². The van der Waals surface area contributed by atoms with E-state index >= 15 is 0 Å². The van der Waals surface area contributed by atoms with Gasteiger partial charge >= 0.3 is 0 Å². The molecule has 3 rings (SSSR count). The van der Waals surface area contributed by atoms with Crippen LogP contribution >= 0.6 is 0 Å². The number of benzene rings is 2. The van der Waals surface area contributed by atoms with E-state index in [4.69, 9.17) is 5.73 Å². The van der Waals surface area contributed by atoms with E-state index in [-0.39, 0.29) is 5.82 Å². The number of anilines is 1. The van der Waals surface area contributed by atoms with E-state index in [0.717, 1.165) is 22.5 Å². The van der Waals surface area contributed by atoms with Gasteiger partial charge in [0.1, 0.15) is 11.3 Å². The van der Waals surface area contributed by atoms with Crippen LogP contribution in [0.1, 0.15) is 5.56 Å². The highest BCUT2D eigenvalue weighted by Gasteiger charge is 2.14. The van der Waals surface area contributed by atoms with E-state index in [1.54, 1.807) is 6.07 Å². The molecule has 0 saturated carbocycles. The molecule has 3 nitrogen and oxygen atoms in total. The molecule has 0 radical (unpaired) electrons. The van der Waals surface area contributed by atoms with Crippen LogP contribution in [0, 0.1) is 12.7 Å². The molecule has 1 heterocycles. The highest BCUT2D eigenvalue weighted by molar-refractivity contribution is 5.82. The summed E-state index contributed by atoms with van der Waals surface area (Å²) in [4.78, 5) is 4.42. The minimum atomic E-state index is -0.305. The molecule has 0 atom stereocenters. The Bertz CT molecular complexity index is 774. The Hall–Kier alpha value is -2.36. The van der Waals surface area contributed by atoms with Gasteiger partial charge in [-0.25, -0.2) is 9.37 Å². The van der Waals surface area contributed by atoms with Crippen molar-refractivity contribution < 1.29 is 4.39 Å². The molecule has 0 fully saturated rings. The summed E-state index contributed by atoms with van der Waals surface area (Å²) in [5.74, 6) is 0.422. The Morgan fingerprint density at radius 1 is 1.16 bits per heavy atom. The second-order valence-electron chi connectivity index (χ2n) is 4.62. The predicted octanol–water partition coefficient (Wildman–Crippen LogP) is 3.27. The van der Waals surface area contributed by atoms with Crippen LogP contribution < -0.4 is 5.73 Å². The van der Waals surface area contributed by atoms with Crippen molar-refractivity contribution in [2.24, 2.45) is 7.05 Å². The first-order valence-electron chi connectivity index (χ1n) is 6.06. The average Bonchev–Trinajstić information content (AvgIpc) is 2.72. The summed E-state index contributed by atoms with van der Waals surface area (Å²) in [5.41, 5.74) is 9.69. The highest BCUT2D eigenvalue weighted by Crippen LogP contribution is 2.29. The maximum absolute atomic E-state index is 13.8. The Kier molecular flexibility index (Phi) is 2.52. The first kappa shape index (κ1) is 11.7. The number of rotatable bonds is 1. The van der Waals surface area contributed by atoms with E-state index in [0.29, 0.717) is 11.2 Å². The Morgan fingerprint density at radius 2 is 1.89 bits per heavy atom. The molecule has 0 aliphatic heterocycles. The van der Waals surface area contributed by atoms with Crippen molar-refractivity contribution in [2.75, 3.05) is 5.73 Å². The minimum Gasteiger partial charge on any atom is -0.398 e. The third kappa shape index (κ3) is 1.68. The van der Waals surface area contributed by atoms with E-state index in [9.17, 15) is 4.39 Å². The number of aromatic nitrogens is 2. The number of halogens is 1. The van der Waals surface area contributed by atoms with Gasteiger partial charge in [0.05, 0.1) is 5.52 Å². The van der Waals surface area contributed by atoms with Gasteiger partial charge in [-0.3, -0.25) is 0 Å². The zero-order valence-corrected chi connectivity index (χ0v) is 10.8. The van der Waals surface area contributed by atoms with E-state index in [2.05, 4.69) is 4.98 Å². The number of nitrogens with two attached hydrogens (primary N) is 1. The largest absolute Gasteiger partial charge is 0.398 e. The van der Waals surface area contributed by atoms with Crippen LogP contribution in [0.2, 0.25) is 0 Å². The van der Waals surface area contributed by atoms with Crippen molar-refractivity contribution in [2.45, 2.75) is 6.92 Å². The predicted molar refractivity (Wildman–Crippen MR) is 75.3 cm³/mol. The lowest BCUT2D eigenvalue weighted by Gasteiger charge is -2.08. The van der Waals surface area contributed by atoms with Gasteiger partial charge in [0, 0.05) is 18.3 Å². The van der Waals surface area contributed by atoms with Crippen molar-refractivity contribution in [3.8, 4) is 11.4 Å². The number of hydrogen-bond donors (Lipinski definition) is 1. The third-order valence-corrected chi connectivity index (χ3v) is 3.48. The molecule has 1 aromatic heterocycles. The lowest BCUT2D eigenvalue weighted by Crippen LogP contribution is -1.97. The summed E-state index contributed by atoms with van der Waals surface area (Å²) in [5, 5.41) is 0. The lowest BCUT2D eigenvalue weighted by atomic mass is 10.1. The van der Waals surface area contributed by atoms with Crippen molar-refractivity contribution in [1.29, 1.82) is 0 Å². The monoisotopic (exact) mass is 255 g/mol. The molecule has 2 N–H and O–H groups in total. The van der Waals surface area contributed by atoms with Gasteiger partial charge in [0.15, 0.2) is 5.82 Å². The first-order chi connectivity index (χ1) is 9.09. The van der Waals surface area contributed by atoms with Crippen molar-refractivity contribution in [1.82, 2.24) is 9.55 Å². The van der Waals surface area contributed by atoms with Gasteiger partial charge in [-0.15, -0.1) is 0 Å². The van der Waals surface area contributed by atoms with Gasteiger partial charge in [0.2, 0.25) is 0 Å². The van der Waals surface area contributed by atoms with Crippen LogP contribution in [-0.2, 0) is 7.05 Å². The molecule has 0 aliphatic rings. The summed E-state index contributed by atoms with van der Waals surface area (Å²) in [6.07, 6.45) is 0. The summed E-state index contributed by atoms with van der Waals surface area (Å²) in [6.45, 7) is 1.94. The van der Waals surface area contributed by atoms with Gasteiger partial charge in [-0.05, 0) is 30.7 Å². The maximum atomic E-state index is 13.8. The first-order valence-corrected chi connectivity index (χ1v) is 6.06. The fourth-order valence-corrected chi connectivity index (χ4v) is 2.32. The van der Waals surface area contributed by atoms with E-state index in [1.165, 1.54) is 6.07 Å². The standard InChI is InChI=1S/C15H14FN3/c1-9-10(5-3-7-12(9)17)15-18-14-11(16)6-4-8-13(14)19(15)2/h3-8H,17H2,1-2H3. The molecule has 0 aliphatic carbocycles. The molecule has 2 aromatic carbocycles. The van der Waals surface area contributed by atoms with Crippen LogP contribution in [0.4, 0.5) is 10.1 Å². The lowest BCUT2D eigenvalue weighted by molar-refractivity contribution is 0.637. The SMILES string of the molecule is Cc1c(N)cccc1-c1nc2c(F)cccc2n1C. The van der Waals surface area contributed by atoms with Crippen LogP contribution in [0.25, 0.3) is 22.4 Å². The van der Waals surface area contributed by atoms with Crippen LogP contribution in [0.5, 0.6) is 0 Å². The number of hydrogen-bond acceptors (Lipinski definition) is 2. The second kappa shape index (κ2) is 4.09. The van der Waals surface area contributed by atoms with Gasteiger partial charge in [0.25, 0.3) is 0 Å². The molecule has 0 bridgehead atoms. The third-order valence-electron chi connectivity index (χ3n) is 3.48. The molecule has 4 heteroatoms. The quantitative estimate of drug-likeness (QED) is 0.678. The molecular formula is C15H14FN3. The topological polar surface area (TPSA) is 43.8 Å². The summed E-state index contributed by atoms with van der Waals surface area (Å²) in [6, 6.07) is 10.7. The summed E-state index contributed by atoms with van der Waals surface area (Å²) in [7, 11) is 1.88. The Morgan fingerprint density at radius 3 is 2.63 bits per heavy atom. The van der Waals surface area contributed by atoms with Crippen LogP contribution in [-0.4, -0.2) is 9.55 Å². The zero-order chi connectivity index (χ0) is 13.6. The summed E-state index contributed by atoms with van der Waals surface area (Å²) < 4.78 is 15.7. The highest BCUT2D eigenvalue weighted by atomic mass is 19.1.